The summed E-state index contributed by atoms with van der Waals surface area (Å²) in [6, 6.07) is 0.558. The molecule has 0 saturated carbocycles. The number of carbonyl (C=O) groups excluding carboxylic acids is 1. The fourth-order valence-corrected chi connectivity index (χ4v) is 1.93. The summed E-state index contributed by atoms with van der Waals surface area (Å²) in [6.45, 7) is 9.10. The SMILES string of the molecule is CCCN1CCC1C(=O)N(C)CNC(C)C. The van der Waals surface area contributed by atoms with Gasteiger partial charge in [-0.2, -0.15) is 0 Å². The van der Waals surface area contributed by atoms with E-state index in [1.165, 1.54) is 0 Å². The Bertz CT molecular complexity index is 230. The maximum Gasteiger partial charge on any atom is 0.240 e. The molecule has 1 unspecified atom stereocenters. The zero-order chi connectivity index (χ0) is 12.1. The number of carbonyl (C=O) groups is 1. The van der Waals surface area contributed by atoms with Crippen molar-refractivity contribution in [1.29, 1.82) is 0 Å². The molecule has 4 heteroatoms. The summed E-state index contributed by atoms with van der Waals surface area (Å²) in [6.07, 6.45) is 2.14. The van der Waals surface area contributed by atoms with E-state index in [-0.39, 0.29) is 11.9 Å². The summed E-state index contributed by atoms with van der Waals surface area (Å²) < 4.78 is 0. The fraction of sp³-hybridized carbons (Fsp3) is 0.917. The predicted octanol–water partition coefficient (Wildman–Crippen LogP) is 0.885. The molecule has 1 heterocycles. The van der Waals surface area contributed by atoms with Crippen LogP contribution in [0.4, 0.5) is 0 Å². The third-order valence-corrected chi connectivity index (χ3v) is 3.04. The molecular formula is C12H25N3O. The molecular weight excluding hydrogens is 202 g/mol. The second-order valence-electron chi connectivity index (χ2n) is 4.89. The summed E-state index contributed by atoms with van der Waals surface area (Å²) in [5.74, 6) is 0.257. The van der Waals surface area contributed by atoms with Crippen molar-refractivity contribution in [2.45, 2.75) is 45.7 Å². The number of likely N-dealkylation sites (tertiary alicyclic amines) is 1. The van der Waals surface area contributed by atoms with E-state index in [0.717, 1.165) is 25.9 Å². The van der Waals surface area contributed by atoms with E-state index < -0.39 is 0 Å². The van der Waals surface area contributed by atoms with Gasteiger partial charge >= 0.3 is 0 Å². The number of likely N-dealkylation sites (N-methyl/N-ethyl adjacent to an activating group) is 1. The molecule has 0 aromatic heterocycles. The van der Waals surface area contributed by atoms with Crippen LogP contribution in [0.15, 0.2) is 0 Å². The lowest BCUT2D eigenvalue weighted by Gasteiger charge is -2.41. The van der Waals surface area contributed by atoms with Gasteiger partial charge < -0.3 is 4.90 Å². The van der Waals surface area contributed by atoms with Gasteiger partial charge in [-0.3, -0.25) is 15.0 Å². The number of hydrogen-bond acceptors (Lipinski definition) is 3. The molecule has 4 nitrogen and oxygen atoms in total. The van der Waals surface area contributed by atoms with Gasteiger partial charge in [0.2, 0.25) is 5.91 Å². The lowest BCUT2D eigenvalue weighted by Crippen LogP contribution is -2.57. The van der Waals surface area contributed by atoms with E-state index in [4.69, 9.17) is 0 Å². The van der Waals surface area contributed by atoms with Crippen molar-refractivity contribution in [3.8, 4) is 0 Å². The Morgan fingerprint density at radius 1 is 1.56 bits per heavy atom. The van der Waals surface area contributed by atoms with Crippen LogP contribution in [0.5, 0.6) is 0 Å². The van der Waals surface area contributed by atoms with Crippen molar-refractivity contribution < 1.29 is 4.79 Å². The van der Waals surface area contributed by atoms with Crippen molar-refractivity contribution in [3.05, 3.63) is 0 Å². The Kier molecular flexibility index (Phi) is 5.22. The third-order valence-electron chi connectivity index (χ3n) is 3.04. The molecule has 1 amide bonds. The number of nitrogens with one attached hydrogen (secondary N) is 1. The molecule has 16 heavy (non-hydrogen) atoms. The molecule has 1 rings (SSSR count). The Morgan fingerprint density at radius 3 is 2.69 bits per heavy atom. The van der Waals surface area contributed by atoms with Crippen molar-refractivity contribution in [2.24, 2.45) is 0 Å². The Morgan fingerprint density at radius 2 is 2.25 bits per heavy atom. The van der Waals surface area contributed by atoms with E-state index in [1.807, 2.05) is 7.05 Å². The van der Waals surface area contributed by atoms with Crippen LogP contribution in [0.25, 0.3) is 0 Å². The van der Waals surface area contributed by atoms with E-state index in [2.05, 4.69) is 31.0 Å². The first-order valence-electron chi connectivity index (χ1n) is 6.28. The molecule has 0 radical (unpaired) electrons. The Hall–Kier alpha value is -0.610. The number of hydrogen-bond donors (Lipinski definition) is 1. The van der Waals surface area contributed by atoms with E-state index in [9.17, 15) is 4.79 Å². The van der Waals surface area contributed by atoms with Crippen molar-refractivity contribution in [2.75, 3.05) is 26.8 Å². The minimum Gasteiger partial charge on any atom is -0.332 e. The molecule has 0 spiro atoms. The minimum absolute atomic E-state index is 0.138. The fourth-order valence-electron chi connectivity index (χ4n) is 1.93. The molecule has 1 saturated heterocycles. The highest BCUT2D eigenvalue weighted by molar-refractivity contribution is 5.82. The first kappa shape index (κ1) is 13.5. The molecule has 1 aliphatic heterocycles. The van der Waals surface area contributed by atoms with Crippen LogP contribution in [0, 0.1) is 0 Å². The van der Waals surface area contributed by atoms with Crippen LogP contribution >= 0.6 is 0 Å². The largest absolute Gasteiger partial charge is 0.332 e. The average molecular weight is 227 g/mol. The van der Waals surface area contributed by atoms with Gasteiger partial charge in [-0.1, -0.05) is 6.92 Å². The standard InChI is InChI=1S/C12H25N3O/c1-5-7-15-8-6-11(15)12(16)14(4)9-13-10(2)3/h10-11,13H,5-9H2,1-4H3. The zero-order valence-electron chi connectivity index (χ0n) is 11.0. The number of nitrogens with zero attached hydrogens (tertiary/aromatic N) is 2. The summed E-state index contributed by atoms with van der Waals surface area (Å²) in [5.41, 5.74) is 0. The summed E-state index contributed by atoms with van der Waals surface area (Å²) in [7, 11) is 1.88. The number of amides is 1. The van der Waals surface area contributed by atoms with Gasteiger partial charge in [0.05, 0.1) is 12.7 Å². The number of rotatable bonds is 6. The van der Waals surface area contributed by atoms with E-state index in [1.54, 1.807) is 4.90 Å². The molecule has 0 bridgehead atoms. The molecule has 0 aliphatic carbocycles. The van der Waals surface area contributed by atoms with Gasteiger partial charge in [0.25, 0.3) is 0 Å². The van der Waals surface area contributed by atoms with Gasteiger partial charge in [-0.05, 0) is 33.2 Å². The lowest BCUT2D eigenvalue weighted by atomic mass is 10.0. The van der Waals surface area contributed by atoms with Gasteiger partial charge in [0.15, 0.2) is 0 Å². The first-order chi connectivity index (χ1) is 7.56. The van der Waals surface area contributed by atoms with Crippen LogP contribution in [-0.2, 0) is 4.79 Å². The van der Waals surface area contributed by atoms with Crippen LogP contribution in [-0.4, -0.2) is 54.6 Å². The van der Waals surface area contributed by atoms with Gasteiger partial charge in [0, 0.05) is 19.6 Å². The lowest BCUT2D eigenvalue weighted by molar-refractivity contribution is -0.140. The van der Waals surface area contributed by atoms with Crippen molar-refractivity contribution in [1.82, 2.24) is 15.1 Å². The predicted molar refractivity (Wildman–Crippen MR) is 66.2 cm³/mol. The monoisotopic (exact) mass is 227 g/mol. The Balaban J connectivity index is 2.33. The molecule has 0 aromatic carbocycles. The topological polar surface area (TPSA) is 35.6 Å². The maximum absolute atomic E-state index is 12.1. The molecule has 1 atom stereocenters. The first-order valence-corrected chi connectivity index (χ1v) is 6.28. The summed E-state index contributed by atoms with van der Waals surface area (Å²) >= 11 is 0. The molecule has 0 aromatic rings. The smallest absolute Gasteiger partial charge is 0.240 e. The third kappa shape index (κ3) is 3.46. The van der Waals surface area contributed by atoms with Gasteiger partial charge in [0.1, 0.15) is 0 Å². The average Bonchev–Trinajstić information content (AvgIpc) is 2.20. The van der Waals surface area contributed by atoms with Crippen LogP contribution in [0.3, 0.4) is 0 Å². The second-order valence-corrected chi connectivity index (χ2v) is 4.89. The molecule has 1 N–H and O–H groups in total. The van der Waals surface area contributed by atoms with Crippen molar-refractivity contribution >= 4 is 5.91 Å². The second kappa shape index (κ2) is 6.21. The van der Waals surface area contributed by atoms with Crippen molar-refractivity contribution in [3.63, 3.8) is 0 Å². The normalized spacial score (nSPS) is 20.9. The van der Waals surface area contributed by atoms with Gasteiger partial charge in [-0.15, -0.1) is 0 Å². The van der Waals surface area contributed by atoms with Crippen LogP contribution in [0.1, 0.15) is 33.6 Å². The van der Waals surface area contributed by atoms with Crippen LogP contribution in [0.2, 0.25) is 0 Å². The highest BCUT2D eigenvalue weighted by Crippen LogP contribution is 2.19. The zero-order valence-corrected chi connectivity index (χ0v) is 11.0. The van der Waals surface area contributed by atoms with E-state index >= 15 is 0 Å². The van der Waals surface area contributed by atoms with E-state index in [0.29, 0.717) is 12.7 Å². The highest BCUT2D eigenvalue weighted by atomic mass is 16.2. The summed E-state index contributed by atoms with van der Waals surface area (Å²) in [4.78, 5) is 16.1. The molecule has 1 aliphatic rings. The highest BCUT2D eigenvalue weighted by Gasteiger charge is 2.34. The van der Waals surface area contributed by atoms with Crippen LogP contribution < -0.4 is 5.32 Å². The quantitative estimate of drug-likeness (QED) is 0.684. The molecule has 1 fully saturated rings. The molecule has 94 valence electrons. The summed E-state index contributed by atoms with van der Waals surface area (Å²) in [5, 5.41) is 3.26. The van der Waals surface area contributed by atoms with Gasteiger partial charge in [-0.25, -0.2) is 0 Å². The maximum atomic E-state index is 12.1. The Labute approximate surface area is 99.0 Å². The minimum atomic E-state index is 0.138.